The summed E-state index contributed by atoms with van der Waals surface area (Å²) < 4.78 is 0. The zero-order valence-corrected chi connectivity index (χ0v) is 14.6. The molecule has 2 atom stereocenters. The van der Waals surface area contributed by atoms with E-state index in [1.807, 2.05) is 0 Å². The first-order valence-electron chi connectivity index (χ1n) is 8.48. The van der Waals surface area contributed by atoms with Gasteiger partial charge in [-0.2, -0.15) is 29.9 Å². The highest BCUT2D eigenvalue weighted by Gasteiger charge is 2.31. The van der Waals surface area contributed by atoms with Crippen LogP contribution in [0.2, 0.25) is 0 Å². The Kier molecular flexibility index (Phi) is 5.28. The molecule has 3 rings (SSSR count). The summed E-state index contributed by atoms with van der Waals surface area (Å²) in [6, 6.07) is -0.302. The lowest BCUT2D eigenvalue weighted by molar-refractivity contribution is 0.246. The number of aryl methyl sites for hydroxylation is 2. The van der Waals surface area contributed by atoms with Gasteiger partial charge >= 0.3 is 6.03 Å². The molecule has 0 saturated carbocycles. The SMILES string of the molecule is Nc1nc(N)nc(CCCC2NC(=O)NC2CCc2nc(N)nc(N)n2)n1. The fourth-order valence-electron chi connectivity index (χ4n) is 3.03. The van der Waals surface area contributed by atoms with E-state index in [1.54, 1.807) is 0 Å². The van der Waals surface area contributed by atoms with Gasteiger partial charge in [-0.05, 0) is 19.3 Å². The quantitative estimate of drug-likeness (QED) is 0.323. The Morgan fingerprint density at radius 2 is 1.11 bits per heavy atom. The summed E-state index contributed by atoms with van der Waals surface area (Å²) in [5, 5.41) is 5.82. The van der Waals surface area contributed by atoms with Crippen molar-refractivity contribution < 1.29 is 4.79 Å². The topological polar surface area (TPSA) is 223 Å². The van der Waals surface area contributed by atoms with Crippen LogP contribution < -0.4 is 33.6 Å². The standard InChI is InChI=1S/C14H22N12O/c15-10-21-8(22-11(16)25-10)3-1-2-6-7(20-14(27)19-6)4-5-9-23-12(17)26-13(18)24-9/h6-7H,1-5H2,(H2,19,20,27)(H4,15,16,21,22,25)(H4,17,18,23,24,26). The monoisotopic (exact) mass is 374 g/mol. The van der Waals surface area contributed by atoms with E-state index in [0.717, 1.165) is 12.8 Å². The van der Waals surface area contributed by atoms with Crippen molar-refractivity contribution in [3.8, 4) is 0 Å². The summed E-state index contributed by atoms with van der Waals surface area (Å²) >= 11 is 0. The summed E-state index contributed by atoms with van der Waals surface area (Å²) in [6.07, 6.45) is 3.21. The van der Waals surface area contributed by atoms with Gasteiger partial charge in [0.15, 0.2) is 0 Å². The second-order valence-corrected chi connectivity index (χ2v) is 6.20. The number of carbonyl (C=O) groups excluding carboxylic acids is 1. The van der Waals surface area contributed by atoms with E-state index in [9.17, 15) is 4.79 Å². The summed E-state index contributed by atoms with van der Waals surface area (Å²) in [4.78, 5) is 35.4. The first-order valence-corrected chi connectivity index (χ1v) is 8.48. The average molecular weight is 374 g/mol. The molecule has 0 aromatic carbocycles. The van der Waals surface area contributed by atoms with Gasteiger partial charge in [0.1, 0.15) is 11.6 Å². The molecule has 0 bridgehead atoms. The second kappa shape index (κ2) is 7.80. The number of nitrogens with two attached hydrogens (primary N) is 4. The molecule has 3 heterocycles. The van der Waals surface area contributed by atoms with Crippen LogP contribution in [0.15, 0.2) is 0 Å². The van der Waals surface area contributed by atoms with E-state index in [0.29, 0.717) is 30.9 Å². The molecule has 13 nitrogen and oxygen atoms in total. The molecule has 1 saturated heterocycles. The Balaban J connectivity index is 1.53. The largest absolute Gasteiger partial charge is 0.368 e. The van der Waals surface area contributed by atoms with Crippen molar-refractivity contribution in [3.63, 3.8) is 0 Å². The zero-order valence-electron chi connectivity index (χ0n) is 14.6. The Morgan fingerprint density at radius 3 is 1.63 bits per heavy atom. The molecule has 1 aliphatic rings. The van der Waals surface area contributed by atoms with E-state index in [4.69, 9.17) is 22.9 Å². The summed E-state index contributed by atoms with van der Waals surface area (Å²) in [5.74, 6) is 1.39. The molecule has 2 amide bonds. The van der Waals surface area contributed by atoms with Gasteiger partial charge in [-0.3, -0.25) is 0 Å². The third kappa shape index (κ3) is 4.99. The van der Waals surface area contributed by atoms with Gasteiger partial charge in [0.25, 0.3) is 0 Å². The van der Waals surface area contributed by atoms with E-state index in [-0.39, 0.29) is 41.9 Å². The number of hydrogen-bond acceptors (Lipinski definition) is 11. The molecule has 0 radical (unpaired) electrons. The van der Waals surface area contributed by atoms with Crippen molar-refractivity contribution in [2.45, 2.75) is 44.2 Å². The van der Waals surface area contributed by atoms with Crippen LogP contribution in [0.5, 0.6) is 0 Å². The number of urea groups is 1. The first kappa shape index (κ1) is 18.3. The molecular formula is C14H22N12O. The predicted octanol–water partition coefficient (Wildman–Crippen LogP) is -1.61. The summed E-state index contributed by atoms with van der Waals surface area (Å²) in [5.41, 5.74) is 22.3. The van der Waals surface area contributed by atoms with E-state index >= 15 is 0 Å². The normalized spacial score (nSPS) is 18.9. The first-order chi connectivity index (χ1) is 12.9. The number of aromatic nitrogens is 6. The van der Waals surface area contributed by atoms with E-state index in [2.05, 4.69) is 40.5 Å². The van der Waals surface area contributed by atoms with Crippen molar-refractivity contribution in [2.75, 3.05) is 22.9 Å². The fourth-order valence-corrected chi connectivity index (χ4v) is 3.03. The number of hydrogen-bond donors (Lipinski definition) is 6. The molecule has 2 aromatic rings. The Bertz CT molecular complexity index is 787. The molecule has 10 N–H and O–H groups in total. The number of rotatable bonds is 7. The second-order valence-electron chi connectivity index (χ2n) is 6.20. The number of carbonyl (C=O) groups is 1. The molecule has 1 fully saturated rings. The van der Waals surface area contributed by atoms with Crippen LogP contribution in [-0.2, 0) is 12.8 Å². The van der Waals surface area contributed by atoms with Crippen molar-refractivity contribution in [1.82, 2.24) is 40.5 Å². The smallest absolute Gasteiger partial charge is 0.315 e. The van der Waals surface area contributed by atoms with Crippen LogP contribution in [0, 0.1) is 0 Å². The number of anilines is 4. The number of nitrogens with one attached hydrogen (secondary N) is 2. The van der Waals surface area contributed by atoms with Gasteiger partial charge in [-0.1, -0.05) is 0 Å². The lowest BCUT2D eigenvalue weighted by atomic mass is 9.99. The van der Waals surface area contributed by atoms with Gasteiger partial charge in [0, 0.05) is 12.8 Å². The highest BCUT2D eigenvalue weighted by atomic mass is 16.2. The maximum Gasteiger partial charge on any atom is 0.315 e. The zero-order chi connectivity index (χ0) is 19.4. The molecule has 144 valence electrons. The van der Waals surface area contributed by atoms with Crippen LogP contribution >= 0.6 is 0 Å². The molecule has 0 spiro atoms. The minimum atomic E-state index is -0.201. The lowest BCUT2D eigenvalue weighted by Crippen LogP contribution is -2.34. The third-order valence-corrected chi connectivity index (χ3v) is 4.15. The fraction of sp³-hybridized carbons (Fsp3) is 0.500. The summed E-state index contributed by atoms with van der Waals surface area (Å²) in [6.45, 7) is 0. The summed E-state index contributed by atoms with van der Waals surface area (Å²) in [7, 11) is 0. The molecular weight excluding hydrogens is 352 g/mol. The Hall–Kier alpha value is -3.51. The van der Waals surface area contributed by atoms with Crippen molar-refractivity contribution in [2.24, 2.45) is 0 Å². The number of nitrogens with zero attached hydrogens (tertiary/aromatic N) is 6. The van der Waals surface area contributed by atoms with Gasteiger partial charge < -0.3 is 33.6 Å². The molecule has 0 aliphatic carbocycles. The average Bonchev–Trinajstić information content (AvgIpc) is 2.91. The third-order valence-electron chi connectivity index (χ3n) is 4.15. The van der Waals surface area contributed by atoms with Crippen LogP contribution in [0.4, 0.5) is 28.6 Å². The van der Waals surface area contributed by atoms with Crippen molar-refractivity contribution in [1.29, 1.82) is 0 Å². The molecule has 1 aliphatic heterocycles. The van der Waals surface area contributed by atoms with Gasteiger partial charge in [0.2, 0.25) is 23.8 Å². The van der Waals surface area contributed by atoms with Gasteiger partial charge in [0.05, 0.1) is 12.1 Å². The predicted molar refractivity (Wildman–Crippen MR) is 97.8 cm³/mol. The number of amides is 2. The van der Waals surface area contributed by atoms with Gasteiger partial charge in [-0.25, -0.2) is 4.79 Å². The van der Waals surface area contributed by atoms with Gasteiger partial charge in [-0.15, -0.1) is 0 Å². The van der Waals surface area contributed by atoms with E-state index < -0.39 is 0 Å². The maximum atomic E-state index is 11.7. The van der Waals surface area contributed by atoms with Crippen LogP contribution in [0.1, 0.15) is 30.9 Å². The van der Waals surface area contributed by atoms with Crippen LogP contribution in [-0.4, -0.2) is 48.0 Å². The van der Waals surface area contributed by atoms with E-state index in [1.165, 1.54) is 0 Å². The molecule has 13 heteroatoms. The Morgan fingerprint density at radius 1 is 0.667 bits per heavy atom. The van der Waals surface area contributed by atoms with Crippen LogP contribution in [0.25, 0.3) is 0 Å². The minimum Gasteiger partial charge on any atom is -0.368 e. The molecule has 2 aromatic heterocycles. The highest BCUT2D eigenvalue weighted by molar-refractivity contribution is 5.77. The lowest BCUT2D eigenvalue weighted by Gasteiger charge is -2.18. The minimum absolute atomic E-state index is 0.0365. The molecule has 27 heavy (non-hydrogen) atoms. The highest BCUT2D eigenvalue weighted by Crippen LogP contribution is 2.15. The van der Waals surface area contributed by atoms with Crippen molar-refractivity contribution in [3.05, 3.63) is 11.6 Å². The Labute approximate surface area is 154 Å². The maximum absolute atomic E-state index is 11.7. The van der Waals surface area contributed by atoms with Crippen LogP contribution in [0.3, 0.4) is 0 Å². The van der Waals surface area contributed by atoms with Crippen molar-refractivity contribution >= 4 is 29.8 Å². The molecule has 2 unspecified atom stereocenters. The number of nitrogen functional groups attached to an aromatic ring is 4.